The molecule has 4 fully saturated rings. The summed E-state index contributed by atoms with van der Waals surface area (Å²) >= 11 is 0. The Morgan fingerprint density at radius 3 is 2.29 bits per heavy atom. The zero-order valence-electron chi connectivity index (χ0n) is 28.1. The van der Waals surface area contributed by atoms with Crippen LogP contribution in [0.15, 0.2) is 42.5 Å². The van der Waals surface area contributed by atoms with Crippen LogP contribution in [-0.4, -0.2) is 107 Å². The van der Waals surface area contributed by atoms with Gasteiger partial charge in [-0.3, -0.25) is 14.5 Å². The molecule has 2 amide bonds. The van der Waals surface area contributed by atoms with Crippen LogP contribution < -0.4 is 15.4 Å². The van der Waals surface area contributed by atoms with Gasteiger partial charge in [0, 0.05) is 95.0 Å². The second-order valence-corrected chi connectivity index (χ2v) is 13.9. The molecule has 0 aliphatic carbocycles. The average Bonchev–Trinajstić information content (AvgIpc) is 3.69. The van der Waals surface area contributed by atoms with E-state index in [-0.39, 0.29) is 44.1 Å². The van der Waals surface area contributed by atoms with E-state index in [1.807, 2.05) is 17.0 Å². The molecule has 13 heteroatoms. The third-order valence-electron chi connectivity index (χ3n) is 11.1. The molecule has 0 spiro atoms. The number of methoxy groups -OCH3 is 2. The highest BCUT2D eigenvalue weighted by molar-refractivity contribution is 5.88. The number of piperidine rings is 1. The standard InChI is InChI=1S/C36H46F4N4O5/c1-47-21-25-18-43(19-30(25)29-8-5-26(36(38,39)40)17-32(29)42-13-9-24(10-14-42)33(41)45)34(46)35(37)22-44(27-11-15-49-16-12-27)20-31(35)23-3-6-28(48-2)7-4-23/h3-8,17,24-25,27,30-31H,9-16,18-22H2,1-2H3,(H2,41,45)/t25-,30+,31+,35+/m1/s1. The number of amides is 2. The van der Waals surface area contributed by atoms with Gasteiger partial charge in [0.2, 0.25) is 11.6 Å². The van der Waals surface area contributed by atoms with Crippen LogP contribution in [0.4, 0.5) is 23.2 Å². The molecule has 2 N–H and O–H groups in total. The summed E-state index contributed by atoms with van der Waals surface area (Å²) in [4.78, 5) is 31.9. The van der Waals surface area contributed by atoms with Crippen molar-refractivity contribution < 1.29 is 41.4 Å². The van der Waals surface area contributed by atoms with Gasteiger partial charge in [-0.2, -0.15) is 13.2 Å². The quantitative estimate of drug-likeness (QED) is 0.385. The molecule has 0 bridgehead atoms. The molecule has 6 rings (SSSR count). The third-order valence-corrected chi connectivity index (χ3v) is 11.1. The van der Waals surface area contributed by atoms with Gasteiger partial charge >= 0.3 is 6.18 Å². The van der Waals surface area contributed by atoms with Crippen molar-refractivity contribution in [2.24, 2.45) is 17.6 Å². The lowest BCUT2D eigenvalue weighted by Crippen LogP contribution is -2.50. The van der Waals surface area contributed by atoms with Gasteiger partial charge in [0.1, 0.15) is 5.75 Å². The van der Waals surface area contributed by atoms with Gasteiger partial charge in [-0.1, -0.05) is 18.2 Å². The molecule has 49 heavy (non-hydrogen) atoms. The predicted octanol–water partition coefficient (Wildman–Crippen LogP) is 4.59. The lowest BCUT2D eigenvalue weighted by molar-refractivity contribution is -0.143. The molecule has 0 unspecified atom stereocenters. The number of anilines is 1. The Kier molecular flexibility index (Phi) is 10.4. The number of likely N-dealkylation sites (tertiary alicyclic amines) is 2. The molecule has 4 saturated heterocycles. The molecule has 0 aromatic heterocycles. The molecular weight excluding hydrogens is 644 g/mol. The maximum absolute atomic E-state index is 17.7. The first-order valence-corrected chi connectivity index (χ1v) is 17.1. The lowest BCUT2D eigenvalue weighted by Gasteiger charge is -2.35. The number of benzene rings is 2. The molecular formula is C36H46F4N4O5. The topological polar surface area (TPSA) is 97.6 Å². The fourth-order valence-electron chi connectivity index (χ4n) is 8.35. The zero-order valence-corrected chi connectivity index (χ0v) is 28.1. The summed E-state index contributed by atoms with van der Waals surface area (Å²) in [6.45, 7) is 2.82. The molecule has 4 heterocycles. The zero-order chi connectivity index (χ0) is 34.9. The largest absolute Gasteiger partial charge is 0.497 e. The van der Waals surface area contributed by atoms with Gasteiger partial charge in [0.05, 0.1) is 19.3 Å². The molecule has 0 radical (unpaired) electrons. The van der Waals surface area contributed by atoms with Gasteiger partial charge in [-0.25, -0.2) is 4.39 Å². The summed E-state index contributed by atoms with van der Waals surface area (Å²) in [5.41, 5.74) is 4.30. The number of nitrogens with zero attached hydrogens (tertiary/aromatic N) is 3. The van der Waals surface area contributed by atoms with Crippen molar-refractivity contribution >= 4 is 17.5 Å². The molecule has 9 nitrogen and oxygen atoms in total. The number of hydrogen-bond donors (Lipinski definition) is 1. The van der Waals surface area contributed by atoms with Crippen molar-refractivity contribution in [2.75, 3.05) is 78.2 Å². The van der Waals surface area contributed by atoms with Crippen molar-refractivity contribution in [2.45, 2.75) is 55.4 Å². The second kappa shape index (κ2) is 14.4. The van der Waals surface area contributed by atoms with Crippen LogP contribution in [-0.2, 0) is 25.2 Å². The van der Waals surface area contributed by atoms with E-state index in [0.717, 1.165) is 25.0 Å². The molecule has 2 aromatic rings. The van der Waals surface area contributed by atoms with E-state index in [9.17, 15) is 22.8 Å². The van der Waals surface area contributed by atoms with Gasteiger partial charge in [0.15, 0.2) is 0 Å². The molecule has 0 saturated carbocycles. The third kappa shape index (κ3) is 7.25. The number of halogens is 4. The number of primary amides is 1. The lowest BCUT2D eigenvalue weighted by atomic mass is 9.85. The van der Waals surface area contributed by atoms with Crippen LogP contribution in [0.2, 0.25) is 0 Å². The van der Waals surface area contributed by atoms with Crippen LogP contribution in [0.1, 0.15) is 54.2 Å². The number of nitrogens with two attached hydrogens (primary N) is 1. The Labute approximate surface area is 284 Å². The number of carbonyl (C=O) groups excluding carboxylic acids is 2. The number of hydrogen-bond acceptors (Lipinski definition) is 7. The van der Waals surface area contributed by atoms with E-state index in [1.165, 1.54) is 6.07 Å². The minimum atomic E-state index is -4.56. The summed E-state index contributed by atoms with van der Waals surface area (Å²) in [6.07, 6.45) is -2.17. The van der Waals surface area contributed by atoms with Gasteiger partial charge in [0.25, 0.3) is 5.91 Å². The number of alkyl halides is 4. The van der Waals surface area contributed by atoms with Crippen LogP contribution in [0, 0.1) is 11.8 Å². The van der Waals surface area contributed by atoms with E-state index in [1.54, 1.807) is 31.3 Å². The summed E-state index contributed by atoms with van der Waals surface area (Å²) < 4.78 is 76.0. The van der Waals surface area contributed by atoms with Gasteiger partial charge < -0.3 is 29.7 Å². The Morgan fingerprint density at radius 2 is 1.67 bits per heavy atom. The van der Waals surface area contributed by atoms with Crippen LogP contribution >= 0.6 is 0 Å². The highest BCUT2D eigenvalue weighted by atomic mass is 19.4. The fraction of sp³-hybridized carbons (Fsp3) is 0.611. The second-order valence-electron chi connectivity index (χ2n) is 13.9. The summed E-state index contributed by atoms with van der Waals surface area (Å²) in [7, 11) is 3.11. The Bertz CT molecular complexity index is 1480. The first-order chi connectivity index (χ1) is 23.4. The van der Waals surface area contributed by atoms with Crippen LogP contribution in [0.3, 0.4) is 0 Å². The highest BCUT2D eigenvalue weighted by Crippen LogP contribution is 2.46. The summed E-state index contributed by atoms with van der Waals surface area (Å²) in [5.74, 6) is -2.11. The minimum absolute atomic E-state index is 0.0519. The maximum atomic E-state index is 17.7. The average molecular weight is 691 g/mol. The maximum Gasteiger partial charge on any atom is 0.416 e. The normalized spacial score (nSPS) is 27.5. The van der Waals surface area contributed by atoms with Crippen molar-refractivity contribution in [1.82, 2.24) is 9.80 Å². The van der Waals surface area contributed by atoms with Crippen LogP contribution in [0.5, 0.6) is 5.75 Å². The molecule has 268 valence electrons. The SMILES string of the molecule is COC[C@H]1CN(C(=O)[C@]2(F)CN(C3CCOCC3)C[C@H]2c2ccc(OC)cc2)C[C@@H]1c1ccc(C(F)(F)F)cc1N1CCC(C(N)=O)CC1. The van der Waals surface area contributed by atoms with Crippen molar-refractivity contribution in [3.63, 3.8) is 0 Å². The van der Waals surface area contributed by atoms with E-state index < -0.39 is 41.1 Å². The molecule has 4 aliphatic rings. The van der Waals surface area contributed by atoms with E-state index in [2.05, 4.69) is 4.90 Å². The molecule has 2 aromatic carbocycles. The highest BCUT2D eigenvalue weighted by Gasteiger charge is 2.57. The summed E-state index contributed by atoms with van der Waals surface area (Å²) in [6, 6.07) is 11.0. The first kappa shape index (κ1) is 35.4. The monoisotopic (exact) mass is 690 g/mol. The smallest absolute Gasteiger partial charge is 0.416 e. The predicted molar refractivity (Wildman–Crippen MR) is 175 cm³/mol. The van der Waals surface area contributed by atoms with Crippen molar-refractivity contribution in [1.29, 1.82) is 0 Å². The van der Waals surface area contributed by atoms with E-state index >= 15 is 4.39 Å². The van der Waals surface area contributed by atoms with Crippen molar-refractivity contribution in [3.8, 4) is 5.75 Å². The Balaban J connectivity index is 1.31. The first-order valence-electron chi connectivity index (χ1n) is 17.1. The van der Waals surface area contributed by atoms with E-state index in [0.29, 0.717) is 68.3 Å². The summed E-state index contributed by atoms with van der Waals surface area (Å²) in [5, 5.41) is 0. The van der Waals surface area contributed by atoms with Gasteiger partial charge in [-0.15, -0.1) is 0 Å². The molecule has 4 atom stereocenters. The number of ether oxygens (including phenoxy) is 3. The number of rotatable bonds is 9. The minimum Gasteiger partial charge on any atom is -0.497 e. The van der Waals surface area contributed by atoms with E-state index in [4.69, 9.17) is 19.9 Å². The van der Waals surface area contributed by atoms with Gasteiger partial charge in [-0.05, 0) is 61.1 Å². The van der Waals surface area contributed by atoms with Crippen LogP contribution in [0.25, 0.3) is 0 Å². The van der Waals surface area contributed by atoms with Crippen molar-refractivity contribution in [3.05, 3.63) is 59.2 Å². The fourth-order valence-corrected chi connectivity index (χ4v) is 8.35. The molecule has 4 aliphatic heterocycles. The Morgan fingerprint density at radius 1 is 0.980 bits per heavy atom. The Hall–Kier alpha value is -3.42. The number of carbonyl (C=O) groups is 2.